The molecule has 0 fully saturated rings. The lowest BCUT2D eigenvalue weighted by Crippen LogP contribution is -2.18. The first-order valence-electron chi connectivity index (χ1n) is 11.1. The van der Waals surface area contributed by atoms with Gasteiger partial charge in [0.2, 0.25) is 0 Å². The van der Waals surface area contributed by atoms with Gasteiger partial charge in [-0.05, 0) is 41.7 Å². The van der Waals surface area contributed by atoms with Crippen LogP contribution in [-0.4, -0.2) is 44.8 Å². The molecule has 10 nitrogen and oxygen atoms in total. The maximum Gasteiger partial charge on any atom is 0.350 e. The zero-order valence-electron chi connectivity index (χ0n) is 19.8. The van der Waals surface area contributed by atoms with E-state index in [1.54, 1.807) is 44.8 Å². The van der Waals surface area contributed by atoms with Gasteiger partial charge in [-0.1, -0.05) is 37.3 Å². The van der Waals surface area contributed by atoms with E-state index in [-0.39, 0.29) is 17.7 Å². The number of nitrogens with zero attached hydrogens (tertiary/aromatic N) is 4. The molecule has 0 aliphatic heterocycles. The molecule has 2 aromatic heterocycles. The van der Waals surface area contributed by atoms with Crippen molar-refractivity contribution >= 4 is 5.84 Å². The smallest absolute Gasteiger partial charge is 0.350 e. The minimum absolute atomic E-state index is 0.00603. The lowest BCUT2D eigenvalue weighted by atomic mass is 9.89. The second-order valence-corrected chi connectivity index (χ2v) is 7.91. The minimum atomic E-state index is -0.431. The van der Waals surface area contributed by atoms with E-state index in [1.165, 1.54) is 0 Å². The number of benzene rings is 2. The Balaban J connectivity index is 1.83. The molecule has 2 aromatic carbocycles. The zero-order chi connectivity index (χ0) is 24.9. The Morgan fingerprint density at radius 3 is 2.46 bits per heavy atom. The van der Waals surface area contributed by atoms with Crippen LogP contribution in [0.25, 0.3) is 5.95 Å². The zero-order valence-corrected chi connectivity index (χ0v) is 19.8. The van der Waals surface area contributed by atoms with E-state index in [9.17, 15) is 4.79 Å². The maximum absolute atomic E-state index is 12.8. The van der Waals surface area contributed by atoms with Crippen molar-refractivity contribution < 1.29 is 9.47 Å². The van der Waals surface area contributed by atoms with Gasteiger partial charge in [0.15, 0.2) is 11.5 Å². The summed E-state index contributed by atoms with van der Waals surface area (Å²) in [6.07, 6.45) is 4.37. The predicted octanol–water partition coefficient (Wildman–Crippen LogP) is 2.59. The fourth-order valence-electron chi connectivity index (χ4n) is 3.99. The van der Waals surface area contributed by atoms with Gasteiger partial charge in [0, 0.05) is 23.9 Å². The number of aryl methyl sites for hydroxylation is 1. The molecule has 0 amide bonds. The summed E-state index contributed by atoms with van der Waals surface area (Å²) >= 11 is 0. The van der Waals surface area contributed by atoms with Crippen LogP contribution in [0.4, 0.5) is 0 Å². The van der Waals surface area contributed by atoms with Crippen molar-refractivity contribution in [3.05, 3.63) is 93.4 Å². The minimum Gasteiger partial charge on any atom is -0.493 e. The van der Waals surface area contributed by atoms with Gasteiger partial charge in [0.25, 0.3) is 5.95 Å². The van der Waals surface area contributed by atoms with E-state index in [2.05, 4.69) is 20.1 Å². The number of rotatable bonds is 9. The van der Waals surface area contributed by atoms with E-state index >= 15 is 0 Å². The summed E-state index contributed by atoms with van der Waals surface area (Å²) in [5.74, 6) is 1.62. The van der Waals surface area contributed by atoms with Crippen LogP contribution in [0.15, 0.2) is 59.7 Å². The fraction of sp³-hybridized carbons (Fsp3) is 0.240. The number of aromatic amines is 1. The van der Waals surface area contributed by atoms with Gasteiger partial charge in [0.05, 0.1) is 14.2 Å². The van der Waals surface area contributed by atoms with Crippen molar-refractivity contribution in [2.75, 3.05) is 14.2 Å². The van der Waals surface area contributed by atoms with Crippen molar-refractivity contribution in [3.63, 3.8) is 0 Å². The Labute approximate surface area is 202 Å². The normalized spacial score (nSPS) is 11.7. The van der Waals surface area contributed by atoms with Gasteiger partial charge in [-0.3, -0.25) is 10.4 Å². The molecule has 0 aliphatic carbocycles. The van der Waals surface area contributed by atoms with Gasteiger partial charge < -0.3 is 15.2 Å². The molecule has 4 rings (SSSR count). The Morgan fingerprint density at radius 1 is 1.14 bits per heavy atom. The van der Waals surface area contributed by atoms with Crippen molar-refractivity contribution in [3.8, 4) is 17.4 Å². The molecular weight excluding hydrogens is 446 g/mol. The van der Waals surface area contributed by atoms with Crippen LogP contribution < -0.4 is 20.9 Å². The largest absolute Gasteiger partial charge is 0.493 e. The van der Waals surface area contributed by atoms with Crippen LogP contribution in [0.5, 0.6) is 11.5 Å². The monoisotopic (exact) mass is 473 g/mol. The predicted molar refractivity (Wildman–Crippen MR) is 132 cm³/mol. The second kappa shape index (κ2) is 10.2. The molecule has 10 heteroatoms. The van der Waals surface area contributed by atoms with Crippen LogP contribution in [0.1, 0.15) is 40.9 Å². The number of nitrogen functional groups attached to an aromatic ring is 1. The Bertz CT molecular complexity index is 1350. The van der Waals surface area contributed by atoms with Crippen LogP contribution in [0, 0.1) is 5.41 Å². The fourth-order valence-corrected chi connectivity index (χ4v) is 3.99. The van der Waals surface area contributed by atoms with Crippen LogP contribution >= 0.6 is 0 Å². The lowest BCUT2D eigenvalue weighted by molar-refractivity contribution is 0.351. The number of hydrogen-bond donors (Lipinski definition) is 3. The highest BCUT2D eigenvalue weighted by molar-refractivity contribution is 5.94. The van der Waals surface area contributed by atoms with Gasteiger partial charge >= 0.3 is 5.69 Å². The molecule has 0 aliphatic rings. The first-order valence-corrected chi connectivity index (χ1v) is 11.1. The number of nitrogens with one attached hydrogen (secondary N) is 2. The number of ether oxygens (including phenoxy) is 2. The van der Waals surface area contributed by atoms with Gasteiger partial charge in [-0.15, -0.1) is 9.78 Å². The summed E-state index contributed by atoms with van der Waals surface area (Å²) in [5.41, 5.74) is 8.69. The molecule has 2 heterocycles. The first-order chi connectivity index (χ1) is 16.9. The molecule has 1 unspecified atom stereocenters. The molecule has 180 valence electrons. The molecular formula is C25H27N7O3. The van der Waals surface area contributed by atoms with Crippen LogP contribution in [-0.2, 0) is 12.8 Å². The topological polar surface area (TPSA) is 145 Å². The molecule has 0 radical (unpaired) electrons. The molecule has 4 aromatic rings. The third-order valence-corrected chi connectivity index (χ3v) is 5.77. The third-order valence-electron chi connectivity index (χ3n) is 5.77. The number of amidine groups is 1. The van der Waals surface area contributed by atoms with Gasteiger partial charge in [-0.25, -0.2) is 14.8 Å². The summed E-state index contributed by atoms with van der Waals surface area (Å²) in [6.45, 7) is 2.04. The molecule has 0 bridgehead atoms. The van der Waals surface area contributed by atoms with Crippen molar-refractivity contribution in [1.29, 1.82) is 5.41 Å². The van der Waals surface area contributed by atoms with E-state index < -0.39 is 5.69 Å². The average molecular weight is 474 g/mol. The first kappa shape index (κ1) is 23.7. The van der Waals surface area contributed by atoms with E-state index in [4.69, 9.17) is 20.6 Å². The number of methoxy groups -OCH3 is 2. The highest BCUT2D eigenvalue weighted by Gasteiger charge is 2.24. The SMILES string of the molecule is CCc1cc(C(Cc2ccc(C(=N)N)cc2)c2nn(-c3ncccn3)c(=O)[nH]2)cc(OC)c1OC. The Hall–Kier alpha value is -4.47. The summed E-state index contributed by atoms with van der Waals surface area (Å²) in [6, 6.07) is 13.1. The highest BCUT2D eigenvalue weighted by atomic mass is 16.5. The van der Waals surface area contributed by atoms with Gasteiger partial charge in [0.1, 0.15) is 11.7 Å². The quantitative estimate of drug-likeness (QED) is 0.250. The lowest BCUT2D eigenvalue weighted by Gasteiger charge is -2.20. The van der Waals surface area contributed by atoms with E-state index in [0.717, 1.165) is 27.8 Å². The van der Waals surface area contributed by atoms with Gasteiger partial charge in [-0.2, -0.15) is 0 Å². The Kier molecular flexibility index (Phi) is 6.91. The van der Waals surface area contributed by atoms with Crippen LogP contribution in [0.2, 0.25) is 0 Å². The highest BCUT2D eigenvalue weighted by Crippen LogP contribution is 2.37. The number of aromatic nitrogens is 5. The number of nitrogens with two attached hydrogens (primary N) is 1. The third kappa shape index (κ3) is 4.91. The number of H-pyrrole nitrogens is 1. The average Bonchev–Trinajstić information content (AvgIpc) is 3.28. The summed E-state index contributed by atoms with van der Waals surface area (Å²) in [7, 11) is 3.21. The second-order valence-electron chi connectivity index (χ2n) is 7.91. The molecule has 35 heavy (non-hydrogen) atoms. The van der Waals surface area contributed by atoms with Crippen molar-refractivity contribution in [2.45, 2.75) is 25.7 Å². The summed E-state index contributed by atoms with van der Waals surface area (Å²) < 4.78 is 12.4. The Morgan fingerprint density at radius 2 is 1.86 bits per heavy atom. The summed E-state index contributed by atoms with van der Waals surface area (Å²) in [4.78, 5) is 24.0. The number of hydrogen-bond acceptors (Lipinski definition) is 7. The standard InChI is InChI=1S/C25H27N7O3/c1-4-16-13-18(14-20(34-2)21(16)35-3)19(12-15-6-8-17(9-7-15)22(26)27)23-30-25(33)32(31-23)24-28-10-5-11-29-24/h5-11,13-14,19H,4,12H2,1-3H3,(H3,26,27)(H,30,31,33). The molecule has 0 spiro atoms. The summed E-state index contributed by atoms with van der Waals surface area (Å²) in [5, 5.41) is 12.2. The van der Waals surface area contributed by atoms with Crippen LogP contribution in [0.3, 0.4) is 0 Å². The maximum atomic E-state index is 12.8. The molecule has 1 atom stereocenters. The molecule has 0 saturated heterocycles. The molecule has 0 saturated carbocycles. The van der Waals surface area contributed by atoms with Crippen molar-refractivity contribution in [1.82, 2.24) is 24.7 Å². The molecule has 4 N–H and O–H groups in total. The van der Waals surface area contributed by atoms with E-state index in [0.29, 0.717) is 29.3 Å². The van der Waals surface area contributed by atoms with Crippen molar-refractivity contribution in [2.24, 2.45) is 5.73 Å². The van der Waals surface area contributed by atoms with E-state index in [1.807, 2.05) is 31.2 Å².